The van der Waals surface area contributed by atoms with Gasteiger partial charge in [0.1, 0.15) is 6.04 Å². The van der Waals surface area contributed by atoms with Crippen LogP contribution < -0.4 is 5.32 Å². The number of carbonyl (C=O) groups excluding carboxylic acids is 3. The Morgan fingerprint density at radius 2 is 2.17 bits per heavy atom. The Morgan fingerprint density at radius 3 is 2.67 bits per heavy atom. The van der Waals surface area contributed by atoms with Crippen molar-refractivity contribution < 1.29 is 14.4 Å². The average Bonchev–Trinajstić information content (AvgIpc) is 2.66. The molecule has 18 heavy (non-hydrogen) atoms. The van der Waals surface area contributed by atoms with Crippen molar-refractivity contribution >= 4 is 17.7 Å². The van der Waals surface area contributed by atoms with Crippen LogP contribution in [0.2, 0.25) is 0 Å². The van der Waals surface area contributed by atoms with Gasteiger partial charge in [0.05, 0.1) is 0 Å². The monoisotopic (exact) mass is 248 g/mol. The fraction of sp³-hybridized carbons (Fsp3) is 0.462. The van der Waals surface area contributed by atoms with Crippen LogP contribution in [0.4, 0.5) is 0 Å². The molecule has 1 fully saturated rings. The van der Waals surface area contributed by atoms with E-state index in [1.165, 1.54) is 4.90 Å². The molecule has 5 heteroatoms. The molecule has 0 radical (unpaired) electrons. The molecule has 0 aromatic carbocycles. The molecule has 0 aromatic heterocycles. The summed E-state index contributed by atoms with van der Waals surface area (Å²) in [6, 6.07) is -0.533. The highest BCUT2D eigenvalue weighted by Crippen LogP contribution is 2.26. The van der Waals surface area contributed by atoms with E-state index in [9.17, 15) is 14.4 Å². The van der Waals surface area contributed by atoms with Gasteiger partial charge in [0, 0.05) is 18.5 Å². The summed E-state index contributed by atoms with van der Waals surface area (Å²) in [6.45, 7) is 6.08. The first-order chi connectivity index (χ1) is 8.58. The number of imide groups is 1. The zero-order valence-corrected chi connectivity index (χ0v) is 10.4. The molecular formula is C13H16N2O3. The standard InChI is InChI=1S/C13H16N2O3/c1-3-8-7-15(13(18)9(8)4-2)10-5-6-11(16)14-12(10)17/h4,10H,2-3,5-7H2,1H3,(H,14,16,17). The van der Waals surface area contributed by atoms with Crippen LogP contribution in [0.25, 0.3) is 0 Å². The third-order valence-electron chi connectivity index (χ3n) is 3.45. The molecule has 1 saturated heterocycles. The molecule has 2 aliphatic heterocycles. The molecule has 0 spiro atoms. The lowest BCUT2D eigenvalue weighted by Gasteiger charge is -2.29. The number of amides is 3. The van der Waals surface area contributed by atoms with Gasteiger partial charge in [-0.1, -0.05) is 19.6 Å². The Kier molecular flexibility index (Phi) is 3.32. The zero-order valence-electron chi connectivity index (χ0n) is 10.4. The molecule has 5 nitrogen and oxygen atoms in total. The highest BCUT2D eigenvalue weighted by atomic mass is 16.2. The van der Waals surface area contributed by atoms with Gasteiger partial charge in [-0.2, -0.15) is 0 Å². The zero-order chi connectivity index (χ0) is 13.3. The van der Waals surface area contributed by atoms with Crippen LogP contribution in [0.3, 0.4) is 0 Å². The van der Waals surface area contributed by atoms with Crippen molar-refractivity contribution in [1.82, 2.24) is 10.2 Å². The van der Waals surface area contributed by atoms with Crippen molar-refractivity contribution in [2.75, 3.05) is 6.54 Å². The van der Waals surface area contributed by atoms with Gasteiger partial charge in [0.15, 0.2) is 0 Å². The molecule has 3 amide bonds. The highest BCUT2D eigenvalue weighted by molar-refractivity contribution is 6.05. The first-order valence-corrected chi connectivity index (χ1v) is 6.07. The maximum absolute atomic E-state index is 12.2. The van der Waals surface area contributed by atoms with Crippen LogP contribution in [0.5, 0.6) is 0 Å². The maximum Gasteiger partial charge on any atom is 0.254 e. The Hall–Kier alpha value is -1.91. The first kappa shape index (κ1) is 12.5. The van der Waals surface area contributed by atoms with E-state index in [1.54, 1.807) is 6.08 Å². The van der Waals surface area contributed by atoms with Gasteiger partial charge in [-0.15, -0.1) is 0 Å². The number of rotatable bonds is 3. The first-order valence-electron chi connectivity index (χ1n) is 6.07. The molecule has 1 unspecified atom stereocenters. The molecule has 96 valence electrons. The van der Waals surface area contributed by atoms with Gasteiger partial charge in [-0.25, -0.2) is 0 Å². The second kappa shape index (κ2) is 4.76. The minimum absolute atomic E-state index is 0.156. The summed E-state index contributed by atoms with van der Waals surface area (Å²) in [6.07, 6.45) is 2.99. The summed E-state index contributed by atoms with van der Waals surface area (Å²) in [4.78, 5) is 36.6. The smallest absolute Gasteiger partial charge is 0.254 e. The molecule has 0 aromatic rings. The quantitative estimate of drug-likeness (QED) is 0.741. The van der Waals surface area contributed by atoms with Gasteiger partial charge in [-0.05, 0) is 18.4 Å². The van der Waals surface area contributed by atoms with Gasteiger partial charge >= 0.3 is 0 Å². The second-order valence-electron chi connectivity index (χ2n) is 4.47. The predicted octanol–water partition coefficient (Wildman–Crippen LogP) is 0.526. The second-order valence-corrected chi connectivity index (χ2v) is 4.47. The van der Waals surface area contributed by atoms with Gasteiger partial charge in [0.2, 0.25) is 11.8 Å². The van der Waals surface area contributed by atoms with Crippen molar-refractivity contribution in [2.24, 2.45) is 0 Å². The molecule has 2 aliphatic rings. The third kappa shape index (κ3) is 1.96. The number of hydrogen-bond donors (Lipinski definition) is 1. The molecular weight excluding hydrogens is 232 g/mol. The third-order valence-corrected chi connectivity index (χ3v) is 3.45. The molecule has 0 aliphatic carbocycles. The van der Waals surface area contributed by atoms with Gasteiger partial charge < -0.3 is 4.90 Å². The van der Waals surface area contributed by atoms with Crippen molar-refractivity contribution in [3.8, 4) is 0 Å². The highest BCUT2D eigenvalue weighted by Gasteiger charge is 2.38. The number of nitrogens with zero attached hydrogens (tertiary/aromatic N) is 1. The lowest BCUT2D eigenvalue weighted by Crippen LogP contribution is -2.53. The molecule has 1 atom stereocenters. The van der Waals surface area contributed by atoms with E-state index in [4.69, 9.17) is 0 Å². The summed E-state index contributed by atoms with van der Waals surface area (Å²) >= 11 is 0. The predicted molar refractivity (Wildman–Crippen MR) is 65.4 cm³/mol. The number of nitrogens with one attached hydrogen (secondary N) is 1. The van der Waals surface area contributed by atoms with Crippen LogP contribution in [-0.2, 0) is 14.4 Å². The van der Waals surface area contributed by atoms with E-state index < -0.39 is 6.04 Å². The minimum Gasteiger partial charge on any atom is -0.323 e. The molecule has 1 N–H and O–H groups in total. The van der Waals surface area contributed by atoms with Crippen molar-refractivity contribution in [3.63, 3.8) is 0 Å². The normalized spacial score (nSPS) is 24.6. The summed E-state index contributed by atoms with van der Waals surface area (Å²) in [5.74, 6) is -0.799. The SMILES string of the molecule is C=CC1=C(CC)CN(C2CCC(=O)NC2=O)C1=O. The number of carbonyl (C=O) groups is 3. The maximum atomic E-state index is 12.2. The van der Waals surface area contributed by atoms with E-state index in [1.807, 2.05) is 6.92 Å². The topological polar surface area (TPSA) is 66.5 Å². The Balaban J connectivity index is 2.18. The van der Waals surface area contributed by atoms with Crippen molar-refractivity contribution in [2.45, 2.75) is 32.2 Å². The molecule has 0 bridgehead atoms. The van der Waals surface area contributed by atoms with Crippen LogP contribution in [0, 0.1) is 0 Å². The fourth-order valence-electron chi connectivity index (χ4n) is 2.43. The summed E-state index contributed by atoms with van der Waals surface area (Å²) in [5, 5.41) is 2.28. The molecule has 2 heterocycles. The Morgan fingerprint density at radius 1 is 1.44 bits per heavy atom. The van der Waals surface area contributed by atoms with E-state index in [0.29, 0.717) is 18.5 Å². The van der Waals surface area contributed by atoms with E-state index in [0.717, 1.165) is 12.0 Å². The van der Waals surface area contributed by atoms with Crippen molar-refractivity contribution in [1.29, 1.82) is 0 Å². The van der Waals surface area contributed by atoms with E-state index in [2.05, 4.69) is 11.9 Å². The average molecular weight is 248 g/mol. The van der Waals surface area contributed by atoms with Crippen LogP contribution in [0.15, 0.2) is 23.8 Å². The summed E-state index contributed by atoms with van der Waals surface area (Å²) in [7, 11) is 0. The number of piperidine rings is 1. The van der Waals surface area contributed by atoms with E-state index in [-0.39, 0.29) is 24.1 Å². The minimum atomic E-state index is -0.533. The fourth-order valence-corrected chi connectivity index (χ4v) is 2.43. The van der Waals surface area contributed by atoms with Gasteiger partial charge in [-0.3, -0.25) is 19.7 Å². The van der Waals surface area contributed by atoms with E-state index >= 15 is 0 Å². The Bertz CT molecular complexity index is 465. The lowest BCUT2D eigenvalue weighted by atomic mass is 10.0. The van der Waals surface area contributed by atoms with Gasteiger partial charge in [0.25, 0.3) is 5.91 Å². The van der Waals surface area contributed by atoms with Crippen LogP contribution in [0.1, 0.15) is 26.2 Å². The van der Waals surface area contributed by atoms with Crippen LogP contribution >= 0.6 is 0 Å². The Labute approximate surface area is 106 Å². The summed E-state index contributed by atoms with van der Waals surface area (Å²) < 4.78 is 0. The van der Waals surface area contributed by atoms with Crippen LogP contribution in [-0.4, -0.2) is 35.2 Å². The molecule has 2 rings (SSSR count). The summed E-state index contributed by atoms with van der Waals surface area (Å²) in [5.41, 5.74) is 1.60. The lowest BCUT2D eigenvalue weighted by molar-refractivity contribution is -0.142. The molecule has 0 saturated carbocycles. The largest absolute Gasteiger partial charge is 0.323 e. The number of hydrogen-bond acceptors (Lipinski definition) is 3. The van der Waals surface area contributed by atoms with Crippen molar-refractivity contribution in [3.05, 3.63) is 23.8 Å².